The fourth-order valence-electron chi connectivity index (χ4n) is 4.15. The Morgan fingerprint density at radius 1 is 0.889 bits per heavy atom. The number of furan rings is 1. The van der Waals surface area contributed by atoms with Gasteiger partial charge in [0.1, 0.15) is 16.9 Å². The van der Waals surface area contributed by atoms with E-state index >= 15 is 0 Å². The minimum Gasteiger partial charge on any atom is -0.495 e. The molecule has 7 nitrogen and oxygen atoms in total. The second kappa shape index (κ2) is 9.39. The molecule has 0 aliphatic heterocycles. The van der Waals surface area contributed by atoms with E-state index in [0.29, 0.717) is 28.3 Å². The van der Waals surface area contributed by atoms with Crippen LogP contribution in [-0.2, 0) is 16.6 Å². The molecule has 4 aromatic carbocycles. The summed E-state index contributed by atoms with van der Waals surface area (Å²) < 4.78 is 37.6. The molecule has 0 aliphatic rings. The van der Waals surface area contributed by atoms with Crippen LogP contribution in [0.2, 0.25) is 0 Å². The number of methoxy groups -OCH3 is 1. The van der Waals surface area contributed by atoms with Crippen LogP contribution >= 0.6 is 0 Å². The molecular formula is C28H24N2O5S. The van der Waals surface area contributed by atoms with Crippen LogP contribution in [-0.4, -0.2) is 27.7 Å². The van der Waals surface area contributed by atoms with Gasteiger partial charge in [0.2, 0.25) is 10.0 Å². The minimum atomic E-state index is -3.58. The molecule has 0 spiro atoms. The largest absolute Gasteiger partial charge is 0.495 e. The maximum Gasteiger partial charge on any atom is 0.255 e. The van der Waals surface area contributed by atoms with Crippen molar-refractivity contribution in [1.82, 2.24) is 0 Å². The molecule has 36 heavy (non-hydrogen) atoms. The van der Waals surface area contributed by atoms with Crippen LogP contribution in [0.15, 0.2) is 95.4 Å². The van der Waals surface area contributed by atoms with Crippen molar-refractivity contribution in [1.29, 1.82) is 0 Å². The van der Waals surface area contributed by atoms with Gasteiger partial charge < -0.3 is 14.5 Å². The first-order valence-corrected chi connectivity index (χ1v) is 13.1. The summed E-state index contributed by atoms with van der Waals surface area (Å²) in [5.41, 5.74) is 3.74. The van der Waals surface area contributed by atoms with E-state index in [1.807, 2.05) is 36.4 Å². The smallest absolute Gasteiger partial charge is 0.255 e. The second-order valence-electron chi connectivity index (χ2n) is 8.40. The first-order valence-electron chi connectivity index (χ1n) is 11.3. The van der Waals surface area contributed by atoms with E-state index in [9.17, 15) is 13.2 Å². The Labute approximate surface area is 209 Å². The average Bonchev–Trinajstić information content (AvgIpc) is 3.24. The Morgan fingerprint density at radius 2 is 1.58 bits per heavy atom. The molecule has 0 bridgehead atoms. The van der Waals surface area contributed by atoms with E-state index in [4.69, 9.17) is 9.15 Å². The number of fused-ring (bicyclic) bond motifs is 3. The Morgan fingerprint density at radius 3 is 2.33 bits per heavy atom. The summed E-state index contributed by atoms with van der Waals surface area (Å²) in [6.45, 7) is 0.101. The maximum atomic E-state index is 12.9. The number of carbonyl (C=O) groups excluding carboxylic acids is 1. The highest BCUT2D eigenvalue weighted by Gasteiger charge is 2.21. The zero-order chi connectivity index (χ0) is 25.3. The lowest BCUT2D eigenvalue weighted by atomic mass is 10.1. The normalized spacial score (nSPS) is 11.5. The number of para-hydroxylation sites is 3. The molecule has 0 saturated heterocycles. The van der Waals surface area contributed by atoms with Crippen LogP contribution < -0.4 is 14.4 Å². The zero-order valence-corrected chi connectivity index (χ0v) is 20.6. The highest BCUT2D eigenvalue weighted by atomic mass is 32.2. The second-order valence-corrected chi connectivity index (χ2v) is 10.3. The summed E-state index contributed by atoms with van der Waals surface area (Å²) >= 11 is 0. The number of hydrogen-bond acceptors (Lipinski definition) is 5. The zero-order valence-electron chi connectivity index (χ0n) is 19.8. The molecular weight excluding hydrogens is 476 g/mol. The van der Waals surface area contributed by atoms with E-state index in [-0.39, 0.29) is 12.5 Å². The Balaban J connectivity index is 1.34. The molecule has 8 heteroatoms. The standard InChI is InChI=1S/C28H24N2O5S/c1-34-26-10-6-4-8-24(26)30(36(2,32)33)18-19-11-13-20(14-12-19)28(31)29-21-15-16-23-22-7-3-5-9-25(22)35-27(23)17-21/h3-17H,18H2,1-2H3,(H,29,31). The molecule has 0 aliphatic carbocycles. The van der Waals surface area contributed by atoms with Gasteiger partial charge in [-0.1, -0.05) is 42.5 Å². The summed E-state index contributed by atoms with van der Waals surface area (Å²) in [7, 11) is -2.08. The number of nitrogens with zero attached hydrogens (tertiary/aromatic N) is 1. The third-order valence-corrected chi connectivity index (χ3v) is 7.06. The van der Waals surface area contributed by atoms with Crippen molar-refractivity contribution >= 4 is 49.2 Å². The van der Waals surface area contributed by atoms with Crippen LogP contribution in [0, 0.1) is 0 Å². The molecule has 1 amide bonds. The van der Waals surface area contributed by atoms with Gasteiger partial charge in [0.15, 0.2) is 0 Å². The third kappa shape index (κ3) is 4.63. The fraction of sp³-hybridized carbons (Fsp3) is 0.107. The SMILES string of the molecule is COc1ccccc1N(Cc1ccc(C(=O)Nc2ccc3c(c2)oc2ccccc23)cc1)S(C)(=O)=O. The quantitative estimate of drug-likeness (QED) is 0.305. The van der Waals surface area contributed by atoms with Gasteiger partial charge in [0, 0.05) is 28.1 Å². The predicted molar refractivity (Wildman–Crippen MR) is 142 cm³/mol. The van der Waals surface area contributed by atoms with Crippen LogP contribution in [0.25, 0.3) is 21.9 Å². The molecule has 5 rings (SSSR count). The van der Waals surface area contributed by atoms with Crippen molar-refractivity contribution < 1.29 is 22.4 Å². The maximum absolute atomic E-state index is 12.9. The lowest BCUT2D eigenvalue weighted by Gasteiger charge is -2.24. The lowest BCUT2D eigenvalue weighted by Crippen LogP contribution is -2.29. The van der Waals surface area contributed by atoms with Crippen LogP contribution in [0.5, 0.6) is 5.75 Å². The van der Waals surface area contributed by atoms with Gasteiger partial charge in [-0.2, -0.15) is 0 Å². The summed E-state index contributed by atoms with van der Waals surface area (Å²) in [6.07, 6.45) is 1.15. The number of ether oxygens (including phenoxy) is 1. The van der Waals surface area contributed by atoms with E-state index < -0.39 is 10.0 Å². The molecule has 1 aromatic heterocycles. The molecule has 0 atom stereocenters. The van der Waals surface area contributed by atoms with Gasteiger partial charge in [-0.15, -0.1) is 0 Å². The topological polar surface area (TPSA) is 88.8 Å². The van der Waals surface area contributed by atoms with Gasteiger partial charge in [0.05, 0.1) is 25.6 Å². The van der Waals surface area contributed by atoms with E-state index in [1.165, 1.54) is 11.4 Å². The number of benzene rings is 4. The van der Waals surface area contributed by atoms with Crippen molar-refractivity contribution in [2.75, 3.05) is 23.0 Å². The number of amides is 1. The van der Waals surface area contributed by atoms with Crippen LogP contribution in [0.1, 0.15) is 15.9 Å². The first-order chi connectivity index (χ1) is 17.3. The fourth-order valence-corrected chi connectivity index (χ4v) is 5.04. The Hall–Kier alpha value is -4.30. The van der Waals surface area contributed by atoms with Crippen LogP contribution in [0.4, 0.5) is 11.4 Å². The van der Waals surface area contributed by atoms with E-state index in [2.05, 4.69) is 5.32 Å². The highest BCUT2D eigenvalue weighted by Crippen LogP contribution is 2.32. The molecule has 1 heterocycles. The molecule has 0 fully saturated rings. The molecule has 0 saturated carbocycles. The van der Waals surface area contributed by atoms with Crippen molar-refractivity contribution in [2.24, 2.45) is 0 Å². The highest BCUT2D eigenvalue weighted by molar-refractivity contribution is 7.92. The predicted octanol–water partition coefficient (Wildman–Crippen LogP) is 5.81. The van der Waals surface area contributed by atoms with Crippen molar-refractivity contribution in [3.63, 3.8) is 0 Å². The third-order valence-electron chi connectivity index (χ3n) is 5.93. The molecule has 0 unspecified atom stereocenters. The molecule has 0 radical (unpaired) electrons. The molecule has 5 aromatic rings. The summed E-state index contributed by atoms with van der Waals surface area (Å²) in [4.78, 5) is 12.9. The van der Waals surface area contributed by atoms with Crippen molar-refractivity contribution in [3.05, 3.63) is 102 Å². The summed E-state index contributed by atoms with van der Waals surface area (Å²) in [5.74, 6) is 0.182. The summed E-state index contributed by atoms with van der Waals surface area (Å²) in [6, 6.07) is 27.1. The van der Waals surface area contributed by atoms with Crippen molar-refractivity contribution in [2.45, 2.75) is 6.54 Å². The number of nitrogens with one attached hydrogen (secondary N) is 1. The number of sulfonamides is 1. The van der Waals surface area contributed by atoms with Gasteiger partial charge in [0.25, 0.3) is 5.91 Å². The van der Waals surface area contributed by atoms with Gasteiger partial charge in [-0.25, -0.2) is 8.42 Å². The van der Waals surface area contributed by atoms with Crippen molar-refractivity contribution in [3.8, 4) is 5.75 Å². The monoisotopic (exact) mass is 500 g/mol. The van der Waals surface area contributed by atoms with Crippen LogP contribution in [0.3, 0.4) is 0 Å². The lowest BCUT2D eigenvalue weighted by molar-refractivity contribution is 0.102. The van der Waals surface area contributed by atoms with Gasteiger partial charge in [-0.3, -0.25) is 9.10 Å². The molecule has 1 N–H and O–H groups in total. The van der Waals surface area contributed by atoms with Gasteiger partial charge in [-0.05, 0) is 48.0 Å². The van der Waals surface area contributed by atoms with Gasteiger partial charge >= 0.3 is 0 Å². The molecule has 182 valence electrons. The van der Waals surface area contributed by atoms with E-state index in [0.717, 1.165) is 28.2 Å². The number of carbonyl (C=O) groups is 1. The first kappa shape index (κ1) is 23.4. The minimum absolute atomic E-state index is 0.101. The number of anilines is 2. The Bertz CT molecular complexity index is 1670. The summed E-state index contributed by atoms with van der Waals surface area (Å²) in [5, 5.41) is 4.91. The number of rotatable bonds is 7. The number of hydrogen-bond donors (Lipinski definition) is 1. The average molecular weight is 501 g/mol. The Kier molecular flexibility index (Phi) is 6.12. The van der Waals surface area contributed by atoms with E-state index in [1.54, 1.807) is 54.6 Å².